The molecule has 0 radical (unpaired) electrons. The van der Waals surface area contributed by atoms with Crippen molar-refractivity contribution in [1.29, 1.82) is 0 Å². The molecule has 2 aromatic carbocycles. The smallest absolute Gasteiger partial charge is 0.342 e. The highest BCUT2D eigenvalue weighted by Crippen LogP contribution is 2.27. The average Bonchev–Trinajstić information content (AvgIpc) is 3.36. The predicted molar refractivity (Wildman–Crippen MR) is 127 cm³/mol. The zero-order valence-corrected chi connectivity index (χ0v) is 18.7. The number of pyridine rings is 1. The van der Waals surface area contributed by atoms with Crippen molar-refractivity contribution in [3.8, 4) is 0 Å². The Bertz CT molecular complexity index is 1110. The normalized spacial score (nSPS) is 13.4. The van der Waals surface area contributed by atoms with Gasteiger partial charge in [-0.25, -0.2) is 9.78 Å². The molecule has 6 heteroatoms. The van der Waals surface area contributed by atoms with Crippen LogP contribution >= 0.6 is 0 Å². The maximum Gasteiger partial charge on any atom is 0.342 e. The number of fused-ring (bicyclic) bond motifs is 1. The lowest BCUT2D eigenvalue weighted by atomic mass is 10.0. The highest BCUT2D eigenvalue weighted by atomic mass is 16.5. The number of para-hydroxylation sites is 2. The molecule has 4 rings (SSSR count). The number of aromatic nitrogens is 1. The van der Waals surface area contributed by atoms with Crippen molar-refractivity contribution in [2.24, 2.45) is 0 Å². The van der Waals surface area contributed by atoms with E-state index in [1.54, 1.807) is 0 Å². The summed E-state index contributed by atoms with van der Waals surface area (Å²) in [5, 5.41) is 3.82. The summed E-state index contributed by atoms with van der Waals surface area (Å²) < 4.78 is 5.44. The van der Waals surface area contributed by atoms with Crippen LogP contribution in [-0.4, -0.2) is 36.6 Å². The van der Waals surface area contributed by atoms with Crippen molar-refractivity contribution < 1.29 is 14.3 Å². The Morgan fingerprint density at radius 3 is 2.38 bits per heavy atom. The molecule has 166 valence electrons. The van der Waals surface area contributed by atoms with Gasteiger partial charge in [-0.1, -0.05) is 50.2 Å². The van der Waals surface area contributed by atoms with Gasteiger partial charge in [0.05, 0.1) is 5.52 Å². The number of anilines is 2. The van der Waals surface area contributed by atoms with Crippen molar-refractivity contribution in [3.05, 3.63) is 65.2 Å². The van der Waals surface area contributed by atoms with Crippen molar-refractivity contribution in [2.75, 3.05) is 29.9 Å². The Labute approximate surface area is 188 Å². The van der Waals surface area contributed by atoms with Gasteiger partial charge in [0.1, 0.15) is 11.4 Å². The van der Waals surface area contributed by atoms with Crippen LogP contribution in [0.25, 0.3) is 10.9 Å². The lowest BCUT2D eigenvalue weighted by Gasteiger charge is -2.20. The van der Waals surface area contributed by atoms with Crippen LogP contribution in [-0.2, 0) is 22.4 Å². The standard InChI is InChI=1S/C26H29N3O3/c1-3-18-11-9-12-19(4-2)24(18)28-23(30)17-32-26(31)21-16-20-10-5-6-13-22(20)27-25(21)29-14-7-8-15-29/h5-6,9-13,16H,3-4,7-8,14-15,17H2,1-2H3,(H,28,30). The Morgan fingerprint density at radius 2 is 1.69 bits per heavy atom. The van der Waals surface area contributed by atoms with E-state index in [4.69, 9.17) is 9.72 Å². The Kier molecular flexibility index (Phi) is 6.69. The summed E-state index contributed by atoms with van der Waals surface area (Å²) in [5.74, 6) is -0.235. The molecule has 1 amide bonds. The van der Waals surface area contributed by atoms with Crippen LogP contribution in [0.15, 0.2) is 48.5 Å². The number of rotatable bonds is 7. The van der Waals surface area contributed by atoms with Crippen molar-refractivity contribution >= 4 is 34.3 Å². The topological polar surface area (TPSA) is 71.5 Å². The van der Waals surface area contributed by atoms with E-state index < -0.39 is 5.97 Å². The molecule has 2 heterocycles. The highest BCUT2D eigenvalue weighted by Gasteiger charge is 2.23. The van der Waals surface area contributed by atoms with Gasteiger partial charge < -0.3 is 15.0 Å². The van der Waals surface area contributed by atoms with Gasteiger partial charge in [0.2, 0.25) is 0 Å². The van der Waals surface area contributed by atoms with E-state index >= 15 is 0 Å². The van der Waals surface area contributed by atoms with E-state index in [0.717, 1.165) is 66.5 Å². The predicted octanol–water partition coefficient (Wildman–Crippen LogP) is 4.76. The van der Waals surface area contributed by atoms with Gasteiger partial charge in [-0.15, -0.1) is 0 Å². The lowest BCUT2D eigenvalue weighted by molar-refractivity contribution is -0.119. The fourth-order valence-corrected chi connectivity index (χ4v) is 4.21. The van der Waals surface area contributed by atoms with E-state index in [1.165, 1.54) is 0 Å². The minimum Gasteiger partial charge on any atom is -0.452 e. The molecular weight excluding hydrogens is 402 g/mol. The zero-order chi connectivity index (χ0) is 22.5. The summed E-state index contributed by atoms with van der Waals surface area (Å²) in [6.45, 7) is 5.49. The van der Waals surface area contributed by atoms with E-state index in [-0.39, 0.29) is 12.5 Å². The average molecular weight is 432 g/mol. The Hall–Kier alpha value is -3.41. The molecule has 6 nitrogen and oxygen atoms in total. The summed E-state index contributed by atoms with van der Waals surface area (Å²) in [6.07, 6.45) is 3.76. The van der Waals surface area contributed by atoms with E-state index in [9.17, 15) is 9.59 Å². The van der Waals surface area contributed by atoms with Crippen molar-refractivity contribution in [2.45, 2.75) is 39.5 Å². The second-order valence-corrected chi connectivity index (χ2v) is 8.03. The lowest BCUT2D eigenvalue weighted by Crippen LogP contribution is -2.25. The molecule has 0 saturated carbocycles. The van der Waals surface area contributed by atoms with Crippen LogP contribution in [0.4, 0.5) is 11.5 Å². The summed E-state index contributed by atoms with van der Waals surface area (Å²) >= 11 is 0. The van der Waals surface area contributed by atoms with Gasteiger partial charge >= 0.3 is 5.97 Å². The molecule has 1 aliphatic rings. The Balaban J connectivity index is 1.52. The molecule has 0 atom stereocenters. The second-order valence-electron chi connectivity index (χ2n) is 8.03. The first kappa shape index (κ1) is 21.8. The fraction of sp³-hybridized carbons (Fsp3) is 0.346. The van der Waals surface area contributed by atoms with Gasteiger partial charge in [-0.3, -0.25) is 4.79 Å². The van der Waals surface area contributed by atoms with Gasteiger partial charge in [0, 0.05) is 24.2 Å². The van der Waals surface area contributed by atoms with Crippen molar-refractivity contribution in [1.82, 2.24) is 4.98 Å². The molecule has 0 spiro atoms. The van der Waals surface area contributed by atoms with Crippen LogP contribution in [0.1, 0.15) is 48.2 Å². The van der Waals surface area contributed by atoms with Crippen LogP contribution < -0.4 is 10.2 Å². The first-order valence-corrected chi connectivity index (χ1v) is 11.3. The van der Waals surface area contributed by atoms with Gasteiger partial charge in [-0.05, 0) is 48.9 Å². The summed E-state index contributed by atoms with van der Waals surface area (Å²) in [5.41, 5.74) is 4.20. The number of nitrogens with zero attached hydrogens (tertiary/aromatic N) is 2. The minimum atomic E-state index is -0.528. The van der Waals surface area contributed by atoms with Crippen LogP contribution in [0.5, 0.6) is 0 Å². The molecule has 32 heavy (non-hydrogen) atoms. The number of hydrogen-bond donors (Lipinski definition) is 1. The first-order valence-electron chi connectivity index (χ1n) is 11.3. The summed E-state index contributed by atoms with van der Waals surface area (Å²) in [6, 6.07) is 15.5. The van der Waals surface area contributed by atoms with Gasteiger partial charge in [0.15, 0.2) is 6.61 Å². The largest absolute Gasteiger partial charge is 0.452 e. The van der Waals surface area contributed by atoms with E-state index in [0.29, 0.717) is 11.4 Å². The minimum absolute atomic E-state index is 0.341. The number of carbonyl (C=O) groups is 2. The third-order valence-corrected chi connectivity index (χ3v) is 5.93. The number of nitrogens with one attached hydrogen (secondary N) is 1. The summed E-state index contributed by atoms with van der Waals surface area (Å²) in [4.78, 5) is 32.5. The molecule has 1 fully saturated rings. The number of ether oxygens (including phenoxy) is 1. The fourth-order valence-electron chi connectivity index (χ4n) is 4.21. The SMILES string of the molecule is CCc1cccc(CC)c1NC(=O)COC(=O)c1cc2ccccc2nc1N1CCCC1. The number of amides is 1. The third kappa shape index (κ3) is 4.59. The number of carbonyl (C=O) groups excluding carboxylic acids is 2. The first-order chi connectivity index (χ1) is 15.6. The van der Waals surface area contributed by atoms with E-state index in [2.05, 4.69) is 24.1 Å². The van der Waals surface area contributed by atoms with Gasteiger partial charge in [-0.2, -0.15) is 0 Å². The molecule has 1 N–H and O–H groups in total. The molecule has 0 unspecified atom stereocenters. The number of hydrogen-bond acceptors (Lipinski definition) is 5. The Morgan fingerprint density at radius 1 is 1.00 bits per heavy atom. The number of benzene rings is 2. The maximum atomic E-state index is 13.0. The van der Waals surface area contributed by atoms with Gasteiger partial charge in [0.25, 0.3) is 5.91 Å². The molecule has 0 bridgehead atoms. The highest BCUT2D eigenvalue weighted by molar-refractivity contribution is 6.01. The second kappa shape index (κ2) is 9.81. The maximum absolute atomic E-state index is 13.0. The van der Waals surface area contributed by atoms with Crippen molar-refractivity contribution in [3.63, 3.8) is 0 Å². The number of esters is 1. The van der Waals surface area contributed by atoms with Crippen LogP contribution in [0, 0.1) is 0 Å². The molecule has 1 aromatic heterocycles. The zero-order valence-electron chi connectivity index (χ0n) is 18.7. The monoisotopic (exact) mass is 431 g/mol. The van der Waals surface area contributed by atoms with E-state index in [1.807, 2.05) is 48.5 Å². The molecule has 0 aliphatic carbocycles. The molecule has 1 saturated heterocycles. The summed E-state index contributed by atoms with van der Waals surface area (Å²) in [7, 11) is 0. The molecular formula is C26H29N3O3. The third-order valence-electron chi connectivity index (χ3n) is 5.93. The molecule has 3 aromatic rings. The molecule has 1 aliphatic heterocycles. The quantitative estimate of drug-likeness (QED) is 0.547. The number of aryl methyl sites for hydroxylation is 2. The van der Waals surface area contributed by atoms with Crippen LogP contribution in [0.2, 0.25) is 0 Å². The van der Waals surface area contributed by atoms with Crippen LogP contribution in [0.3, 0.4) is 0 Å².